The summed E-state index contributed by atoms with van der Waals surface area (Å²) in [6, 6.07) is 10.4. The molecule has 3 rings (SSSR count). The van der Waals surface area contributed by atoms with E-state index >= 15 is 0 Å². The number of hydrogen-bond acceptors (Lipinski definition) is 3. The van der Waals surface area contributed by atoms with Gasteiger partial charge in [-0.3, -0.25) is 4.79 Å². The van der Waals surface area contributed by atoms with Crippen LogP contribution in [0.15, 0.2) is 41.0 Å². The zero-order valence-corrected chi connectivity index (χ0v) is 14.7. The molecule has 2 aromatic rings. The number of nitrogens with one attached hydrogen (secondary N) is 2. The van der Waals surface area contributed by atoms with E-state index in [1.54, 1.807) is 6.20 Å². The van der Waals surface area contributed by atoms with Gasteiger partial charge in [0.05, 0.1) is 12.7 Å². The number of anilines is 1. The van der Waals surface area contributed by atoms with Crippen molar-refractivity contribution >= 4 is 27.7 Å². The van der Waals surface area contributed by atoms with Crippen LogP contribution < -0.4 is 10.6 Å². The fraction of sp³-hybridized carbons (Fsp3) is 0.412. The molecule has 1 saturated heterocycles. The summed E-state index contributed by atoms with van der Waals surface area (Å²) in [5.74, 6) is 0.919. The van der Waals surface area contributed by atoms with Gasteiger partial charge in [0.2, 0.25) is 5.91 Å². The van der Waals surface area contributed by atoms with Crippen LogP contribution in [-0.4, -0.2) is 28.3 Å². The monoisotopic (exact) mass is 376 g/mol. The number of carbonyl (C=O) groups excluding carboxylic acids is 1. The van der Waals surface area contributed by atoms with E-state index in [1.807, 2.05) is 35.0 Å². The highest BCUT2D eigenvalue weighted by Crippen LogP contribution is 2.19. The zero-order valence-electron chi connectivity index (χ0n) is 13.1. The molecule has 1 amide bonds. The van der Waals surface area contributed by atoms with Crippen LogP contribution in [-0.2, 0) is 11.3 Å². The van der Waals surface area contributed by atoms with Gasteiger partial charge in [0, 0.05) is 22.5 Å². The highest BCUT2D eigenvalue weighted by Gasteiger charge is 2.25. The molecule has 0 unspecified atom stereocenters. The number of halogens is 1. The van der Waals surface area contributed by atoms with Gasteiger partial charge < -0.3 is 10.6 Å². The molecule has 2 N–H and O–H groups in total. The SMILES string of the molecule is C[C@H]1C[C@@H](C(=O)Nc2ccnn2Cc2ccc(Br)cc2)CCN1. The number of piperidine rings is 1. The Balaban J connectivity index is 1.66. The molecule has 1 aliphatic rings. The minimum atomic E-state index is 0.0716. The van der Waals surface area contributed by atoms with Crippen LogP contribution in [0.1, 0.15) is 25.3 Å². The highest BCUT2D eigenvalue weighted by molar-refractivity contribution is 9.10. The van der Waals surface area contributed by atoms with Crippen molar-refractivity contribution in [3.63, 3.8) is 0 Å². The standard InChI is InChI=1S/C17H21BrN4O/c1-12-10-14(6-8-19-12)17(23)21-16-7-9-20-22(16)11-13-2-4-15(18)5-3-13/h2-5,7,9,12,14,19H,6,8,10-11H2,1H3,(H,21,23)/t12-,14-/m0/s1. The quantitative estimate of drug-likeness (QED) is 0.861. The van der Waals surface area contributed by atoms with Crippen LogP contribution in [0.3, 0.4) is 0 Å². The normalized spacial score (nSPS) is 21.1. The Bertz CT molecular complexity index is 667. The predicted molar refractivity (Wildman–Crippen MR) is 94.3 cm³/mol. The second-order valence-electron chi connectivity index (χ2n) is 6.07. The Morgan fingerprint density at radius 2 is 2.17 bits per heavy atom. The van der Waals surface area contributed by atoms with E-state index < -0.39 is 0 Å². The average Bonchev–Trinajstić information content (AvgIpc) is 2.96. The van der Waals surface area contributed by atoms with Crippen molar-refractivity contribution in [2.75, 3.05) is 11.9 Å². The highest BCUT2D eigenvalue weighted by atomic mass is 79.9. The van der Waals surface area contributed by atoms with Gasteiger partial charge in [-0.2, -0.15) is 5.10 Å². The Hall–Kier alpha value is -1.66. The van der Waals surface area contributed by atoms with E-state index in [-0.39, 0.29) is 11.8 Å². The molecule has 1 fully saturated rings. The summed E-state index contributed by atoms with van der Waals surface area (Å²) >= 11 is 3.43. The molecular weight excluding hydrogens is 356 g/mol. The van der Waals surface area contributed by atoms with E-state index in [4.69, 9.17) is 0 Å². The predicted octanol–water partition coefficient (Wildman–Crippen LogP) is 3.02. The lowest BCUT2D eigenvalue weighted by Crippen LogP contribution is -2.40. The molecule has 122 valence electrons. The van der Waals surface area contributed by atoms with Gasteiger partial charge in [-0.25, -0.2) is 4.68 Å². The third kappa shape index (κ3) is 4.20. The summed E-state index contributed by atoms with van der Waals surface area (Å²) in [6.07, 6.45) is 3.49. The maximum absolute atomic E-state index is 12.5. The summed E-state index contributed by atoms with van der Waals surface area (Å²) in [6.45, 7) is 3.66. The number of aromatic nitrogens is 2. The van der Waals surface area contributed by atoms with Crippen molar-refractivity contribution < 1.29 is 4.79 Å². The summed E-state index contributed by atoms with van der Waals surface area (Å²) in [5.41, 5.74) is 1.14. The lowest BCUT2D eigenvalue weighted by atomic mass is 9.92. The van der Waals surface area contributed by atoms with E-state index in [1.165, 1.54) is 0 Å². The first-order valence-electron chi connectivity index (χ1n) is 7.92. The number of nitrogens with zero attached hydrogens (tertiary/aromatic N) is 2. The summed E-state index contributed by atoms with van der Waals surface area (Å²) in [4.78, 5) is 12.5. The molecule has 0 bridgehead atoms. The van der Waals surface area contributed by atoms with Crippen LogP contribution in [0.5, 0.6) is 0 Å². The van der Waals surface area contributed by atoms with Gasteiger partial charge in [-0.05, 0) is 44.0 Å². The third-order valence-corrected chi connectivity index (χ3v) is 4.74. The fourth-order valence-electron chi connectivity index (χ4n) is 2.93. The van der Waals surface area contributed by atoms with Crippen molar-refractivity contribution in [1.29, 1.82) is 0 Å². The van der Waals surface area contributed by atoms with Gasteiger partial charge in [-0.15, -0.1) is 0 Å². The van der Waals surface area contributed by atoms with Gasteiger partial charge in [0.1, 0.15) is 5.82 Å². The molecule has 1 aromatic heterocycles. The molecular formula is C17H21BrN4O. The molecule has 0 spiro atoms. The van der Waals surface area contributed by atoms with Crippen LogP contribution in [0, 0.1) is 5.92 Å². The van der Waals surface area contributed by atoms with Crippen LogP contribution in [0.25, 0.3) is 0 Å². The lowest BCUT2D eigenvalue weighted by molar-refractivity contribution is -0.120. The van der Waals surface area contributed by atoms with Crippen LogP contribution >= 0.6 is 15.9 Å². The van der Waals surface area contributed by atoms with E-state index in [9.17, 15) is 4.79 Å². The first-order valence-corrected chi connectivity index (χ1v) is 8.71. The Kier molecular flexibility index (Phi) is 5.13. The zero-order chi connectivity index (χ0) is 16.2. The third-order valence-electron chi connectivity index (χ3n) is 4.21. The van der Waals surface area contributed by atoms with Gasteiger partial charge in [0.15, 0.2) is 0 Å². The van der Waals surface area contributed by atoms with Gasteiger partial charge in [-0.1, -0.05) is 28.1 Å². The molecule has 0 aliphatic carbocycles. The topological polar surface area (TPSA) is 59.0 Å². The Morgan fingerprint density at radius 1 is 1.39 bits per heavy atom. The molecule has 6 heteroatoms. The minimum absolute atomic E-state index is 0.0716. The van der Waals surface area contributed by atoms with Crippen molar-refractivity contribution in [3.05, 3.63) is 46.6 Å². The van der Waals surface area contributed by atoms with Gasteiger partial charge >= 0.3 is 0 Å². The van der Waals surface area contributed by atoms with Crippen molar-refractivity contribution in [3.8, 4) is 0 Å². The second kappa shape index (κ2) is 7.27. The van der Waals surface area contributed by atoms with Gasteiger partial charge in [0.25, 0.3) is 0 Å². The summed E-state index contributed by atoms with van der Waals surface area (Å²) in [7, 11) is 0. The second-order valence-corrected chi connectivity index (χ2v) is 6.98. The molecule has 0 saturated carbocycles. The lowest BCUT2D eigenvalue weighted by Gasteiger charge is -2.27. The molecule has 2 atom stereocenters. The maximum Gasteiger partial charge on any atom is 0.228 e. The Morgan fingerprint density at radius 3 is 2.91 bits per heavy atom. The first kappa shape index (κ1) is 16.2. The minimum Gasteiger partial charge on any atom is -0.314 e. The van der Waals surface area contributed by atoms with Crippen LogP contribution in [0.2, 0.25) is 0 Å². The number of rotatable bonds is 4. The average molecular weight is 377 g/mol. The molecule has 1 aliphatic heterocycles. The van der Waals surface area contributed by atoms with Crippen molar-refractivity contribution in [1.82, 2.24) is 15.1 Å². The number of amides is 1. The van der Waals surface area contributed by atoms with Crippen molar-refractivity contribution in [2.24, 2.45) is 5.92 Å². The smallest absolute Gasteiger partial charge is 0.228 e. The van der Waals surface area contributed by atoms with E-state index in [2.05, 4.69) is 38.6 Å². The van der Waals surface area contributed by atoms with Crippen LogP contribution in [0.4, 0.5) is 5.82 Å². The number of benzene rings is 1. The molecule has 2 heterocycles. The molecule has 23 heavy (non-hydrogen) atoms. The Labute approximate surface area is 144 Å². The molecule has 5 nitrogen and oxygen atoms in total. The summed E-state index contributed by atoms with van der Waals surface area (Å²) in [5, 5.41) is 10.7. The number of carbonyl (C=O) groups is 1. The maximum atomic E-state index is 12.5. The largest absolute Gasteiger partial charge is 0.314 e. The van der Waals surface area contributed by atoms with Crippen molar-refractivity contribution in [2.45, 2.75) is 32.4 Å². The summed E-state index contributed by atoms with van der Waals surface area (Å²) < 4.78 is 2.88. The van der Waals surface area contributed by atoms with E-state index in [0.717, 1.165) is 35.2 Å². The first-order chi connectivity index (χ1) is 11.1. The molecule has 1 aromatic carbocycles. The number of hydrogen-bond donors (Lipinski definition) is 2. The van der Waals surface area contributed by atoms with E-state index in [0.29, 0.717) is 12.6 Å². The molecule has 0 radical (unpaired) electrons. The fourth-order valence-corrected chi connectivity index (χ4v) is 3.19.